The number of carbonyl (C=O) groups is 4. The van der Waals surface area contributed by atoms with Gasteiger partial charge in [0.2, 0.25) is 11.6 Å². The summed E-state index contributed by atoms with van der Waals surface area (Å²) in [5.74, 6) is -3.98. The van der Waals surface area contributed by atoms with Crippen molar-refractivity contribution in [2.45, 2.75) is 52.4 Å². The Morgan fingerprint density at radius 2 is 1.12 bits per heavy atom. The summed E-state index contributed by atoms with van der Waals surface area (Å²) >= 11 is 0. The maximum absolute atomic E-state index is 11.1. The molecule has 0 rings (SSSR count). The summed E-state index contributed by atoms with van der Waals surface area (Å²) in [4.78, 5) is 44.5. The van der Waals surface area contributed by atoms with Gasteiger partial charge in [-0.25, -0.2) is 9.59 Å². The van der Waals surface area contributed by atoms with Crippen molar-refractivity contribution in [1.82, 2.24) is 0 Å². The lowest BCUT2D eigenvalue weighted by atomic mass is 10.2. The molecule has 0 spiro atoms. The quantitative estimate of drug-likeness (QED) is 0.367. The van der Waals surface area contributed by atoms with Gasteiger partial charge in [-0.3, -0.25) is 9.59 Å². The van der Waals surface area contributed by atoms with Crippen LogP contribution in [-0.4, -0.2) is 23.5 Å². The fourth-order valence-electron chi connectivity index (χ4n) is 1.08. The third kappa shape index (κ3) is 6.60. The number of Topliss-reactive ketones (excluding diaryl/α,β-unsaturated/α-hetero) is 2. The number of hydrogen-bond acceptors (Lipinski definition) is 5. The van der Waals surface area contributed by atoms with Gasteiger partial charge in [0.05, 0.1) is 0 Å². The number of ketones is 2. The molecule has 0 aliphatic rings. The van der Waals surface area contributed by atoms with Crippen LogP contribution in [0.1, 0.15) is 52.4 Å². The summed E-state index contributed by atoms with van der Waals surface area (Å²) in [6, 6.07) is 0. The largest absolute Gasteiger partial charge is 0.382 e. The van der Waals surface area contributed by atoms with Crippen LogP contribution in [0.2, 0.25) is 0 Å². The average Bonchev–Trinajstić information content (AvgIpc) is 2.32. The topological polar surface area (TPSA) is 77.5 Å². The van der Waals surface area contributed by atoms with Crippen molar-refractivity contribution in [3.05, 3.63) is 0 Å². The highest BCUT2D eigenvalue weighted by molar-refractivity contribution is 6.42. The Balaban J connectivity index is 4.06. The van der Waals surface area contributed by atoms with E-state index in [0.717, 1.165) is 12.8 Å². The van der Waals surface area contributed by atoms with E-state index in [1.54, 1.807) is 0 Å². The fraction of sp³-hybridized carbons (Fsp3) is 0.667. The predicted molar refractivity (Wildman–Crippen MR) is 60.2 cm³/mol. The average molecular weight is 242 g/mol. The molecule has 0 aromatic rings. The van der Waals surface area contributed by atoms with Crippen LogP contribution in [0.5, 0.6) is 0 Å². The summed E-state index contributed by atoms with van der Waals surface area (Å²) in [6.45, 7) is 3.75. The summed E-state index contributed by atoms with van der Waals surface area (Å²) in [6.07, 6.45) is 2.75. The smallest absolute Gasteiger partial charge is 0.381 e. The molecule has 0 N–H and O–H groups in total. The number of hydrogen-bond donors (Lipinski definition) is 0. The fourth-order valence-corrected chi connectivity index (χ4v) is 1.08. The number of carbonyl (C=O) groups excluding carboxylic acids is 4. The van der Waals surface area contributed by atoms with Gasteiger partial charge in [0, 0.05) is 12.8 Å². The van der Waals surface area contributed by atoms with E-state index in [-0.39, 0.29) is 12.8 Å². The van der Waals surface area contributed by atoms with E-state index in [0.29, 0.717) is 12.8 Å². The molecule has 5 nitrogen and oxygen atoms in total. The van der Waals surface area contributed by atoms with Crippen molar-refractivity contribution >= 4 is 23.5 Å². The van der Waals surface area contributed by atoms with Crippen LogP contribution < -0.4 is 0 Å². The first-order valence-corrected chi connectivity index (χ1v) is 5.85. The SMILES string of the molecule is CCCCC(=O)C(=O)OC(=O)C(=O)CCCC. The molecule has 17 heavy (non-hydrogen) atoms. The highest BCUT2D eigenvalue weighted by atomic mass is 16.6. The second kappa shape index (κ2) is 8.61. The van der Waals surface area contributed by atoms with Crippen molar-refractivity contribution in [3.63, 3.8) is 0 Å². The zero-order valence-electron chi connectivity index (χ0n) is 10.3. The Kier molecular flexibility index (Phi) is 7.84. The Morgan fingerprint density at radius 3 is 1.41 bits per heavy atom. The zero-order chi connectivity index (χ0) is 13.3. The van der Waals surface area contributed by atoms with E-state index < -0.39 is 23.5 Å². The van der Waals surface area contributed by atoms with Crippen molar-refractivity contribution in [3.8, 4) is 0 Å². The molecule has 0 heterocycles. The minimum absolute atomic E-state index is 0.0474. The highest BCUT2D eigenvalue weighted by Gasteiger charge is 2.23. The second-order valence-corrected chi connectivity index (χ2v) is 3.73. The Labute approximate surface area is 101 Å². The van der Waals surface area contributed by atoms with Gasteiger partial charge in [0.25, 0.3) is 0 Å². The lowest BCUT2D eigenvalue weighted by Gasteiger charge is -2.01. The number of rotatable bonds is 8. The molecule has 5 heteroatoms. The van der Waals surface area contributed by atoms with Gasteiger partial charge < -0.3 is 4.74 Å². The summed E-state index contributed by atoms with van der Waals surface area (Å²) in [7, 11) is 0. The standard InChI is InChI=1S/C12H18O5/c1-3-5-7-9(13)11(15)17-12(16)10(14)8-6-4-2/h3-8H2,1-2H3. The van der Waals surface area contributed by atoms with E-state index >= 15 is 0 Å². The number of esters is 2. The lowest BCUT2D eigenvalue weighted by molar-refractivity contribution is -0.167. The highest BCUT2D eigenvalue weighted by Crippen LogP contribution is 2.00. The van der Waals surface area contributed by atoms with E-state index in [4.69, 9.17) is 0 Å². The molecule has 0 radical (unpaired) electrons. The molecule has 0 atom stereocenters. The first-order valence-electron chi connectivity index (χ1n) is 5.85. The predicted octanol–water partition coefficient (Wildman–Crippen LogP) is 1.57. The third-order valence-corrected chi connectivity index (χ3v) is 2.16. The molecule has 0 fully saturated rings. The maximum atomic E-state index is 11.1. The van der Waals surface area contributed by atoms with E-state index in [9.17, 15) is 19.2 Å². The number of unbranched alkanes of at least 4 members (excludes halogenated alkanes) is 2. The molecule has 0 unspecified atom stereocenters. The Hall–Kier alpha value is -1.52. The van der Waals surface area contributed by atoms with Gasteiger partial charge in [-0.05, 0) is 12.8 Å². The molecule has 0 bridgehead atoms. The van der Waals surface area contributed by atoms with Gasteiger partial charge in [0.1, 0.15) is 0 Å². The lowest BCUT2D eigenvalue weighted by Crippen LogP contribution is -2.26. The molecule has 96 valence electrons. The van der Waals surface area contributed by atoms with Crippen LogP contribution in [-0.2, 0) is 23.9 Å². The van der Waals surface area contributed by atoms with E-state index in [2.05, 4.69) is 4.74 Å². The summed E-state index contributed by atoms with van der Waals surface area (Å²) in [5.41, 5.74) is 0. The van der Waals surface area contributed by atoms with E-state index in [1.165, 1.54) is 0 Å². The first-order chi connectivity index (χ1) is 8.02. The molecule has 0 aliphatic carbocycles. The molecule has 0 saturated carbocycles. The van der Waals surface area contributed by atoms with Gasteiger partial charge >= 0.3 is 11.9 Å². The van der Waals surface area contributed by atoms with Crippen LogP contribution >= 0.6 is 0 Å². The van der Waals surface area contributed by atoms with Gasteiger partial charge in [-0.2, -0.15) is 0 Å². The third-order valence-electron chi connectivity index (χ3n) is 2.16. The normalized spacial score (nSPS) is 9.76. The Bertz CT molecular complexity index is 276. The molecule has 0 aliphatic heterocycles. The van der Waals surface area contributed by atoms with Crippen molar-refractivity contribution in [1.29, 1.82) is 0 Å². The molecular formula is C12H18O5. The van der Waals surface area contributed by atoms with Crippen LogP contribution in [0.25, 0.3) is 0 Å². The minimum atomic E-state index is -1.23. The Morgan fingerprint density at radius 1 is 0.765 bits per heavy atom. The minimum Gasteiger partial charge on any atom is -0.381 e. The molecular weight excluding hydrogens is 224 g/mol. The van der Waals surface area contributed by atoms with Crippen LogP contribution in [0, 0.1) is 0 Å². The van der Waals surface area contributed by atoms with Crippen molar-refractivity contribution in [2.24, 2.45) is 0 Å². The molecule has 0 saturated heterocycles. The molecule has 0 aromatic heterocycles. The van der Waals surface area contributed by atoms with Gasteiger partial charge in [-0.15, -0.1) is 0 Å². The number of ether oxygens (including phenoxy) is 1. The van der Waals surface area contributed by atoms with Crippen molar-refractivity contribution < 1.29 is 23.9 Å². The van der Waals surface area contributed by atoms with Crippen LogP contribution in [0.3, 0.4) is 0 Å². The summed E-state index contributed by atoms with van der Waals surface area (Å²) < 4.78 is 4.19. The second-order valence-electron chi connectivity index (χ2n) is 3.73. The molecule has 0 aromatic carbocycles. The summed E-state index contributed by atoms with van der Waals surface area (Å²) in [5, 5.41) is 0. The zero-order valence-corrected chi connectivity index (χ0v) is 10.3. The molecule has 0 amide bonds. The monoisotopic (exact) mass is 242 g/mol. The van der Waals surface area contributed by atoms with E-state index in [1.807, 2.05) is 13.8 Å². The van der Waals surface area contributed by atoms with Crippen molar-refractivity contribution in [2.75, 3.05) is 0 Å². The first kappa shape index (κ1) is 15.5. The maximum Gasteiger partial charge on any atom is 0.382 e. The van der Waals surface area contributed by atoms with Gasteiger partial charge in [0.15, 0.2) is 0 Å². The van der Waals surface area contributed by atoms with Crippen LogP contribution in [0.15, 0.2) is 0 Å². The van der Waals surface area contributed by atoms with Crippen LogP contribution in [0.4, 0.5) is 0 Å². The van der Waals surface area contributed by atoms with Gasteiger partial charge in [-0.1, -0.05) is 26.7 Å².